The fourth-order valence-corrected chi connectivity index (χ4v) is 9.24. The van der Waals surface area contributed by atoms with Crippen LogP contribution in [0.3, 0.4) is 0 Å². The Bertz CT molecular complexity index is 2780. The number of thiophene rings is 2. The van der Waals surface area contributed by atoms with Gasteiger partial charge in [0.25, 0.3) is 0 Å². The number of hydrogen-bond acceptors (Lipinski definition) is 5. The van der Waals surface area contributed by atoms with Gasteiger partial charge in [-0.25, -0.2) is 4.98 Å². The summed E-state index contributed by atoms with van der Waals surface area (Å²) in [5.41, 5.74) is 8.33. The van der Waals surface area contributed by atoms with Crippen LogP contribution in [0.5, 0.6) is 0 Å². The molecule has 0 aliphatic heterocycles. The zero-order valence-corrected chi connectivity index (χ0v) is 27.3. The van der Waals surface area contributed by atoms with E-state index in [1.54, 1.807) is 0 Å². The first-order chi connectivity index (χ1) is 23.8. The van der Waals surface area contributed by atoms with Crippen LogP contribution in [0.25, 0.3) is 74.0 Å². The van der Waals surface area contributed by atoms with Gasteiger partial charge in [-0.1, -0.05) is 91.0 Å². The largest absolute Gasteiger partial charge is 0.436 e. The average molecular weight is 651 g/mol. The van der Waals surface area contributed by atoms with Gasteiger partial charge < -0.3 is 9.32 Å². The van der Waals surface area contributed by atoms with Gasteiger partial charge >= 0.3 is 0 Å². The Hall–Kier alpha value is -5.75. The Morgan fingerprint density at radius 3 is 1.90 bits per heavy atom. The minimum atomic E-state index is 0.642. The molecule has 3 nitrogen and oxygen atoms in total. The summed E-state index contributed by atoms with van der Waals surface area (Å²) in [6.45, 7) is 0. The standard InChI is InChI=1S/C43H26N2OS2/c1-3-11-28(12-4-1)43-44-41-36(46-43)26-35(42-40(41)34-16-8-10-18-38(34)48-42)27-19-21-30(22-20-27)45(29-13-5-2-6-14-29)31-23-24-33-32-15-7-9-17-37(32)47-39(33)25-31/h1-26H. The van der Waals surface area contributed by atoms with Crippen molar-refractivity contribution in [2.24, 2.45) is 0 Å². The van der Waals surface area contributed by atoms with Gasteiger partial charge in [0.15, 0.2) is 5.58 Å². The Labute approximate surface area is 284 Å². The molecule has 0 aliphatic carbocycles. The zero-order chi connectivity index (χ0) is 31.6. The third-order valence-corrected chi connectivity index (χ3v) is 11.4. The third kappa shape index (κ3) is 4.36. The number of fused-ring (bicyclic) bond motifs is 8. The smallest absolute Gasteiger partial charge is 0.227 e. The lowest BCUT2D eigenvalue weighted by Gasteiger charge is -2.25. The number of hydrogen-bond donors (Lipinski definition) is 0. The fraction of sp³-hybridized carbons (Fsp3) is 0. The van der Waals surface area contributed by atoms with Crippen LogP contribution in [-0.4, -0.2) is 4.98 Å². The molecule has 3 aromatic heterocycles. The van der Waals surface area contributed by atoms with Crippen LogP contribution in [0.2, 0.25) is 0 Å². The maximum Gasteiger partial charge on any atom is 0.227 e. The topological polar surface area (TPSA) is 29.3 Å². The molecule has 0 aliphatic rings. The van der Waals surface area contributed by atoms with Gasteiger partial charge in [-0.05, 0) is 72.3 Å². The highest BCUT2D eigenvalue weighted by Gasteiger charge is 2.20. The maximum absolute atomic E-state index is 6.46. The maximum atomic E-state index is 6.46. The van der Waals surface area contributed by atoms with Crippen LogP contribution >= 0.6 is 22.7 Å². The van der Waals surface area contributed by atoms with Gasteiger partial charge in [0, 0.05) is 68.5 Å². The molecule has 0 N–H and O–H groups in total. The first-order valence-electron chi connectivity index (χ1n) is 16.0. The van der Waals surface area contributed by atoms with Gasteiger partial charge in [-0.3, -0.25) is 0 Å². The Morgan fingerprint density at radius 2 is 1.10 bits per heavy atom. The molecule has 0 fully saturated rings. The summed E-state index contributed by atoms with van der Waals surface area (Å²) in [7, 11) is 0. The van der Waals surface area contributed by atoms with Gasteiger partial charge in [-0.2, -0.15) is 0 Å². The van der Waals surface area contributed by atoms with Crippen molar-refractivity contribution in [1.82, 2.24) is 4.98 Å². The predicted octanol–water partition coefficient (Wildman–Crippen LogP) is 13.4. The summed E-state index contributed by atoms with van der Waals surface area (Å²) in [5.74, 6) is 0.642. The number of aromatic nitrogens is 1. The molecule has 10 rings (SSSR count). The fourth-order valence-electron chi connectivity index (χ4n) is 6.86. The van der Waals surface area contributed by atoms with E-state index >= 15 is 0 Å². The summed E-state index contributed by atoms with van der Waals surface area (Å²) in [5, 5.41) is 4.97. The van der Waals surface area contributed by atoms with E-state index < -0.39 is 0 Å². The Morgan fingerprint density at radius 1 is 0.479 bits per heavy atom. The van der Waals surface area contributed by atoms with Crippen LogP contribution in [0, 0.1) is 0 Å². The van der Waals surface area contributed by atoms with E-state index in [4.69, 9.17) is 9.40 Å². The first kappa shape index (κ1) is 27.4. The number of anilines is 3. The summed E-state index contributed by atoms with van der Waals surface area (Å²) < 4.78 is 11.5. The Kier molecular flexibility index (Phi) is 6.22. The molecule has 0 bridgehead atoms. The van der Waals surface area contributed by atoms with Gasteiger partial charge in [-0.15, -0.1) is 22.7 Å². The second-order valence-electron chi connectivity index (χ2n) is 12.0. The van der Waals surface area contributed by atoms with Crippen molar-refractivity contribution in [2.75, 3.05) is 4.90 Å². The molecular formula is C43H26N2OS2. The molecular weight excluding hydrogens is 625 g/mol. The molecule has 0 radical (unpaired) electrons. The number of nitrogens with zero attached hydrogens (tertiary/aromatic N) is 2. The van der Waals surface area contributed by atoms with E-state index in [1.165, 1.54) is 35.0 Å². The van der Waals surface area contributed by atoms with Gasteiger partial charge in [0.1, 0.15) is 5.52 Å². The molecule has 0 unspecified atom stereocenters. The summed E-state index contributed by atoms with van der Waals surface area (Å²) in [6.07, 6.45) is 0. The van der Waals surface area contributed by atoms with Crippen molar-refractivity contribution in [2.45, 2.75) is 0 Å². The van der Waals surface area contributed by atoms with E-state index in [2.05, 4.69) is 132 Å². The van der Waals surface area contributed by atoms with Gasteiger partial charge in [0.05, 0.1) is 0 Å². The highest BCUT2D eigenvalue weighted by Crippen LogP contribution is 2.46. The van der Waals surface area contributed by atoms with Crippen molar-refractivity contribution in [3.8, 4) is 22.6 Å². The lowest BCUT2D eigenvalue weighted by Crippen LogP contribution is -2.09. The minimum absolute atomic E-state index is 0.642. The van der Waals surface area contributed by atoms with Crippen molar-refractivity contribution < 1.29 is 4.42 Å². The lowest BCUT2D eigenvalue weighted by molar-refractivity contribution is 0.620. The van der Waals surface area contributed by atoms with E-state index in [9.17, 15) is 0 Å². The summed E-state index contributed by atoms with van der Waals surface area (Å²) in [6, 6.07) is 56.0. The predicted molar refractivity (Wildman–Crippen MR) is 205 cm³/mol. The normalized spacial score (nSPS) is 11.8. The number of para-hydroxylation sites is 1. The number of oxazole rings is 1. The molecule has 0 spiro atoms. The van der Waals surface area contributed by atoms with Gasteiger partial charge in [0.2, 0.25) is 5.89 Å². The molecule has 226 valence electrons. The highest BCUT2D eigenvalue weighted by molar-refractivity contribution is 7.26. The molecule has 7 aromatic carbocycles. The van der Waals surface area contributed by atoms with E-state index in [0.717, 1.165) is 50.2 Å². The Balaban J connectivity index is 1.13. The van der Waals surface area contributed by atoms with Crippen LogP contribution in [0.1, 0.15) is 0 Å². The molecule has 48 heavy (non-hydrogen) atoms. The molecule has 10 aromatic rings. The van der Waals surface area contributed by atoms with Crippen molar-refractivity contribution in [3.05, 3.63) is 158 Å². The van der Waals surface area contributed by atoms with E-state index in [0.29, 0.717) is 5.89 Å². The average Bonchev–Trinajstić information content (AvgIpc) is 3.86. The second kappa shape index (κ2) is 10.9. The molecule has 0 atom stereocenters. The first-order valence-corrected chi connectivity index (χ1v) is 17.6. The minimum Gasteiger partial charge on any atom is -0.436 e. The SMILES string of the molecule is c1ccc(-c2nc3c(cc(-c4ccc(N(c5ccccc5)c5ccc6c(c5)sc5ccccc56)cc4)c4sc5ccccc5c43)o2)cc1. The van der Waals surface area contributed by atoms with E-state index in [1.807, 2.05) is 53.0 Å². The van der Waals surface area contributed by atoms with Crippen molar-refractivity contribution in [3.63, 3.8) is 0 Å². The van der Waals surface area contributed by atoms with Crippen LogP contribution in [0.15, 0.2) is 162 Å². The lowest BCUT2D eigenvalue weighted by atomic mass is 10.0. The van der Waals surface area contributed by atoms with Crippen LogP contribution in [0.4, 0.5) is 17.1 Å². The quantitative estimate of drug-likeness (QED) is 0.186. The number of rotatable bonds is 5. The molecule has 5 heteroatoms. The molecule has 3 heterocycles. The second-order valence-corrected chi connectivity index (χ2v) is 14.1. The summed E-state index contributed by atoms with van der Waals surface area (Å²) >= 11 is 3.67. The molecule has 0 saturated carbocycles. The van der Waals surface area contributed by atoms with Crippen LogP contribution < -0.4 is 4.90 Å². The van der Waals surface area contributed by atoms with Crippen LogP contribution in [-0.2, 0) is 0 Å². The monoisotopic (exact) mass is 650 g/mol. The zero-order valence-electron chi connectivity index (χ0n) is 25.6. The third-order valence-electron chi connectivity index (χ3n) is 9.10. The van der Waals surface area contributed by atoms with Crippen molar-refractivity contribution in [1.29, 1.82) is 0 Å². The van der Waals surface area contributed by atoms with Crippen molar-refractivity contribution >= 4 is 91.2 Å². The highest BCUT2D eigenvalue weighted by atomic mass is 32.1. The summed E-state index contributed by atoms with van der Waals surface area (Å²) in [4.78, 5) is 7.38. The number of benzene rings is 7. The molecule has 0 saturated heterocycles. The molecule has 0 amide bonds. The van der Waals surface area contributed by atoms with E-state index in [-0.39, 0.29) is 0 Å².